The molecule has 5 heteroatoms. The van der Waals surface area contributed by atoms with Crippen molar-refractivity contribution in [1.29, 1.82) is 0 Å². The van der Waals surface area contributed by atoms with Crippen LogP contribution in [0.4, 0.5) is 11.5 Å². The first-order chi connectivity index (χ1) is 11.2. The van der Waals surface area contributed by atoms with E-state index >= 15 is 0 Å². The molecule has 1 heterocycles. The van der Waals surface area contributed by atoms with E-state index in [1.165, 1.54) is 19.3 Å². The lowest BCUT2D eigenvalue weighted by Gasteiger charge is -2.13. The van der Waals surface area contributed by atoms with E-state index in [0.717, 1.165) is 47.3 Å². The van der Waals surface area contributed by atoms with Gasteiger partial charge in [-0.15, -0.1) is 0 Å². The Balaban J connectivity index is 1.75. The first-order valence-corrected chi connectivity index (χ1v) is 8.18. The van der Waals surface area contributed by atoms with E-state index in [4.69, 9.17) is 10.5 Å². The van der Waals surface area contributed by atoms with Gasteiger partial charge in [0.2, 0.25) is 0 Å². The fraction of sp³-hybridized carbons (Fsp3) is 0.444. The Kier molecular flexibility index (Phi) is 4.65. The van der Waals surface area contributed by atoms with Crippen molar-refractivity contribution < 1.29 is 4.74 Å². The number of hydrogen-bond donors (Lipinski definition) is 2. The number of ether oxygens (including phenoxy) is 1. The van der Waals surface area contributed by atoms with Crippen LogP contribution in [-0.2, 0) is 0 Å². The lowest BCUT2D eigenvalue weighted by molar-refractivity contribution is 0.414. The highest BCUT2D eigenvalue weighted by molar-refractivity contribution is 5.81. The molecule has 1 fully saturated rings. The minimum atomic E-state index is 0.604. The summed E-state index contributed by atoms with van der Waals surface area (Å²) in [6.07, 6.45) is 6.82. The largest absolute Gasteiger partial charge is 0.497 e. The van der Waals surface area contributed by atoms with Crippen molar-refractivity contribution in [3.63, 3.8) is 0 Å². The molecule has 0 saturated heterocycles. The van der Waals surface area contributed by atoms with E-state index in [1.807, 2.05) is 25.1 Å². The van der Waals surface area contributed by atoms with Gasteiger partial charge in [-0.25, -0.2) is 9.97 Å². The SMILES string of the molecule is COc1ccc(-c2ncnc(NCCCC3CC3)c2N)c(C)c1. The zero-order chi connectivity index (χ0) is 16.2. The molecule has 0 atom stereocenters. The lowest BCUT2D eigenvalue weighted by Crippen LogP contribution is -2.08. The van der Waals surface area contributed by atoms with E-state index in [1.54, 1.807) is 13.4 Å². The van der Waals surface area contributed by atoms with Crippen LogP contribution in [0.1, 0.15) is 31.2 Å². The van der Waals surface area contributed by atoms with E-state index in [9.17, 15) is 0 Å². The van der Waals surface area contributed by atoms with E-state index in [0.29, 0.717) is 5.69 Å². The molecule has 1 aromatic heterocycles. The average molecular weight is 312 g/mol. The van der Waals surface area contributed by atoms with Gasteiger partial charge in [-0.3, -0.25) is 0 Å². The van der Waals surface area contributed by atoms with Gasteiger partial charge in [-0.2, -0.15) is 0 Å². The molecule has 23 heavy (non-hydrogen) atoms. The second-order valence-corrected chi connectivity index (χ2v) is 6.18. The number of nitrogen functional groups attached to an aromatic ring is 1. The Bertz CT molecular complexity index is 683. The second-order valence-electron chi connectivity index (χ2n) is 6.18. The summed E-state index contributed by atoms with van der Waals surface area (Å²) in [7, 11) is 1.66. The van der Waals surface area contributed by atoms with Gasteiger partial charge in [0.05, 0.1) is 12.8 Å². The summed E-state index contributed by atoms with van der Waals surface area (Å²) >= 11 is 0. The van der Waals surface area contributed by atoms with Gasteiger partial charge in [-0.1, -0.05) is 12.8 Å². The Morgan fingerprint density at radius 2 is 2.13 bits per heavy atom. The predicted octanol–water partition coefficient (Wildman–Crippen LogP) is 3.64. The number of nitrogens with zero attached hydrogens (tertiary/aromatic N) is 2. The molecule has 1 aliphatic rings. The smallest absolute Gasteiger partial charge is 0.153 e. The molecule has 0 amide bonds. The van der Waals surface area contributed by atoms with E-state index in [2.05, 4.69) is 15.3 Å². The van der Waals surface area contributed by atoms with Crippen molar-refractivity contribution >= 4 is 11.5 Å². The zero-order valence-electron chi connectivity index (χ0n) is 13.8. The molecule has 1 saturated carbocycles. The number of methoxy groups -OCH3 is 1. The van der Waals surface area contributed by atoms with Crippen LogP contribution in [0.3, 0.4) is 0 Å². The molecule has 5 nitrogen and oxygen atoms in total. The Morgan fingerprint density at radius 3 is 2.83 bits per heavy atom. The summed E-state index contributed by atoms with van der Waals surface area (Å²) in [5.41, 5.74) is 9.75. The first-order valence-electron chi connectivity index (χ1n) is 8.18. The minimum Gasteiger partial charge on any atom is -0.497 e. The molecular formula is C18H24N4O. The van der Waals surface area contributed by atoms with Crippen molar-refractivity contribution in [2.24, 2.45) is 5.92 Å². The highest BCUT2D eigenvalue weighted by atomic mass is 16.5. The van der Waals surface area contributed by atoms with Crippen LogP contribution in [-0.4, -0.2) is 23.6 Å². The highest BCUT2D eigenvalue weighted by Gasteiger charge is 2.20. The van der Waals surface area contributed by atoms with E-state index < -0.39 is 0 Å². The van der Waals surface area contributed by atoms with Crippen molar-refractivity contribution in [2.45, 2.75) is 32.6 Å². The maximum atomic E-state index is 6.29. The van der Waals surface area contributed by atoms with Gasteiger partial charge in [0.1, 0.15) is 17.8 Å². The molecular weight excluding hydrogens is 288 g/mol. The summed E-state index contributed by atoms with van der Waals surface area (Å²) in [6.45, 7) is 2.93. The maximum Gasteiger partial charge on any atom is 0.153 e. The number of aryl methyl sites for hydroxylation is 1. The molecule has 0 spiro atoms. The quantitative estimate of drug-likeness (QED) is 0.764. The summed E-state index contributed by atoms with van der Waals surface area (Å²) in [4.78, 5) is 8.66. The predicted molar refractivity (Wildman–Crippen MR) is 93.6 cm³/mol. The number of anilines is 2. The third-order valence-electron chi connectivity index (χ3n) is 4.35. The minimum absolute atomic E-state index is 0.604. The van der Waals surface area contributed by atoms with Crippen LogP contribution in [0.15, 0.2) is 24.5 Å². The Labute approximate surface area is 137 Å². The average Bonchev–Trinajstić information content (AvgIpc) is 3.37. The molecule has 3 rings (SSSR count). The normalized spacial score (nSPS) is 13.8. The van der Waals surface area contributed by atoms with Gasteiger partial charge in [-0.05, 0) is 49.4 Å². The Hall–Kier alpha value is -2.30. The summed E-state index contributed by atoms with van der Waals surface area (Å²) in [6, 6.07) is 5.90. The van der Waals surface area contributed by atoms with Crippen LogP contribution in [0, 0.1) is 12.8 Å². The van der Waals surface area contributed by atoms with Gasteiger partial charge >= 0.3 is 0 Å². The standard InChI is InChI=1S/C18H24N4O/c1-12-10-14(23-2)7-8-15(12)17-16(19)18(22-11-21-17)20-9-3-4-13-5-6-13/h7-8,10-11,13H,3-6,9,19H2,1-2H3,(H,20,21,22). The van der Waals surface area contributed by atoms with Crippen LogP contribution in [0.5, 0.6) is 5.75 Å². The molecule has 1 aromatic carbocycles. The maximum absolute atomic E-state index is 6.29. The summed E-state index contributed by atoms with van der Waals surface area (Å²) < 4.78 is 5.25. The van der Waals surface area contributed by atoms with Gasteiger partial charge in [0.15, 0.2) is 5.82 Å². The number of aromatic nitrogens is 2. The molecule has 0 aliphatic heterocycles. The van der Waals surface area contributed by atoms with Gasteiger partial charge in [0.25, 0.3) is 0 Å². The molecule has 0 unspecified atom stereocenters. The number of nitrogens with two attached hydrogens (primary N) is 1. The summed E-state index contributed by atoms with van der Waals surface area (Å²) in [5.74, 6) is 2.51. The van der Waals surface area contributed by atoms with Gasteiger partial charge < -0.3 is 15.8 Å². The third kappa shape index (κ3) is 3.73. The number of rotatable bonds is 7. The van der Waals surface area contributed by atoms with Crippen molar-refractivity contribution in [2.75, 3.05) is 24.7 Å². The van der Waals surface area contributed by atoms with Crippen LogP contribution >= 0.6 is 0 Å². The monoisotopic (exact) mass is 312 g/mol. The number of nitrogens with one attached hydrogen (secondary N) is 1. The van der Waals surface area contributed by atoms with Crippen LogP contribution < -0.4 is 15.8 Å². The topological polar surface area (TPSA) is 73.1 Å². The summed E-state index contributed by atoms with van der Waals surface area (Å²) in [5, 5.41) is 3.35. The number of hydrogen-bond acceptors (Lipinski definition) is 5. The molecule has 3 N–H and O–H groups in total. The van der Waals surface area contributed by atoms with Crippen molar-refractivity contribution in [1.82, 2.24) is 9.97 Å². The fourth-order valence-corrected chi connectivity index (χ4v) is 2.78. The first kappa shape index (κ1) is 15.6. The van der Waals surface area contributed by atoms with Crippen molar-refractivity contribution in [3.05, 3.63) is 30.1 Å². The number of benzene rings is 1. The van der Waals surface area contributed by atoms with Crippen LogP contribution in [0.25, 0.3) is 11.3 Å². The molecule has 2 aromatic rings. The van der Waals surface area contributed by atoms with Crippen molar-refractivity contribution in [3.8, 4) is 17.0 Å². The third-order valence-corrected chi connectivity index (χ3v) is 4.35. The lowest BCUT2D eigenvalue weighted by atomic mass is 10.0. The highest BCUT2D eigenvalue weighted by Crippen LogP contribution is 2.34. The second kappa shape index (κ2) is 6.86. The molecule has 122 valence electrons. The van der Waals surface area contributed by atoms with Gasteiger partial charge in [0, 0.05) is 12.1 Å². The zero-order valence-corrected chi connectivity index (χ0v) is 13.8. The van der Waals surface area contributed by atoms with E-state index in [-0.39, 0.29) is 0 Å². The molecule has 0 bridgehead atoms. The fourth-order valence-electron chi connectivity index (χ4n) is 2.78. The molecule has 0 radical (unpaired) electrons. The van der Waals surface area contributed by atoms with Crippen LogP contribution in [0.2, 0.25) is 0 Å². The molecule has 1 aliphatic carbocycles. The Morgan fingerprint density at radius 1 is 1.30 bits per heavy atom.